The molecule has 1 aliphatic rings. The number of hydrogen-bond donors (Lipinski definition) is 2. The molecule has 2 N–H and O–H groups in total. The number of urea groups is 1. The van der Waals surface area contributed by atoms with Gasteiger partial charge in [0.1, 0.15) is 0 Å². The first-order valence-electron chi connectivity index (χ1n) is 6.75. The van der Waals surface area contributed by atoms with Crippen LogP contribution in [0.15, 0.2) is 24.3 Å². The van der Waals surface area contributed by atoms with Gasteiger partial charge in [-0.2, -0.15) is 0 Å². The number of hydrogen-bond acceptors (Lipinski definition) is 2. The van der Waals surface area contributed by atoms with E-state index in [1.54, 1.807) is 24.3 Å². The van der Waals surface area contributed by atoms with Crippen LogP contribution < -0.4 is 10.6 Å². The van der Waals surface area contributed by atoms with Crippen LogP contribution in [-0.4, -0.2) is 18.4 Å². The van der Waals surface area contributed by atoms with Crippen LogP contribution in [0, 0.1) is 11.8 Å². The van der Waals surface area contributed by atoms with E-state index in [-0.39, 0.29) is 17.7 Å². The average molecular weight is 260 g/mol. The van der Waals surface area contributed by atoms with Crippen LogP contribution in [0.4, 0.5) is 10.5 Å². The largest absolute Gasteiger partial charge is 0.338 e. The average Bonchev–Trinajstić information content (AvgIpc) is 3.21. The van der Waals surface area contributed by atoms with Gasteiger partial charge in [-0.3, -0.25) is 4.79 Å². The van der Waals surface area contributed by atoms with Crippen LogP contribution >= 0.6 is 0 Å². The summed E-state index contributed by atoms with van der Waals surface area (Å²) >= 11 is 0. The maximum Gasteiger partial charge on any atom is 0.319 e. The third-order valence-corrected chi connectivity index (χ3v) is 3.05. The van der Waals surface area contributed by atoms with E-state index in [0.29, 0.717) is 18.2 Å². The predicted octanol–water partition coefficient (Wildman–Crippen LogP) is 3.06. The fourth-order valence-electron chi connectivity index (χ4n) is 1.77. The van der Waals surface area contributed by atoms with Crippen molar-refractivity contribution in [1.82, 2.24) is 5.32 Å². The molecule has 2 rings (SSSR count). The zero-order valence-corrected chi connectivity index (χ0v) is 11.4. The van der Waals surface area contributed by atoms with Gasteiger partial charge in [0.25, 0.3) is 0 Å². The van der Waals surface area contributed by atoms with Crippen molar-refractivity contribution in [2.45, 2.75) is 26.7 Å². The minimum absolute atomic E-state index is 0.213. The van der Waals surface area contributed by atoms with Crippen LogP contribution in [-0.2, 0) is 0 Å². The number of carbonyl (C=O) groups excluding carboxylic acids is 2. The first-order chi connectivity index (χ1) is 9.06. The SMILES string of the molecule is CC(C)CNC(=O)Nc1ccc(C(=O)C2CC2)cc1. The molecule has 0 radical (unpaired) electrons. The van der Waals surface area contributed by atoms with Crippen LogP contribution in [0.1, 0.15) is 37.0 Å². The number of nitrogens with one attached hydrogen (secondary N) is 2. The Bertz CT molecular complexity index is 462. The number of carbonyl (C=O) groups is 2. The minimum atomic E-state index is -0.213. The van der Waals surface area contributed by atoms with E-state index in [0.717, 1.165) is 18.4 Å². The molecule has 0 atom stereocenters. The second-order valence-electron chi connectivity index (χ2n) is 5.44. The first kappa shape index (κ1) is 13.6. The summed E-state index contributed by atoms with van der Waals surface area (Å²) in [4.78, 5) is 23.4. The molecule has 0 saturated heterocycles. The summed E-state index contributed by atoms with van der Waals surface area (Å²) in [5.74, 6) is 0.869. The van der Waals surface area contributed by atoms with Gasteiger partial charge in [0.2, 0.25) is 0 Å². The van der Waals surface area contributed by atoms with Crippen molar-refractivity contribution < 1.29 is 9.59 Å². The Labute approximate surface area is 113 Å². The third-order valence-electron chi connectivity index (χ3n) is 3.05. The van der Waals surface area contributed by atoms with Crippen LogP contribution in [0.3, 0.4) is 0 Å². The predicted molar refractivity (Wildman–Crippen MR) is 75.4 cm³/mol. The standard InChI is InChI=1S/C15H20N2O2/c1-10(2)9-16-15(19)17-13-7-5-12(6-8-13)14(18)11-3-4-11/h5-8,10-11H,3-4,9H2,1-2H3,(H2,16,17,19). The molecule has 0 bridgehead atoms. The summed E-state index contributed by atoms with van der Waals surface area (Å²) in [6.07, 6.45) is 2.02. The molecular formula is C15H20N2O2. The van der Waals surface area contributed by atoms with Crippen molar-refractivity contribution >= 4 is 17.5 Å². The quantitative estimate of drug-likeness (QED) is 0.799. The highest BCUT2D eigenvalue weighted by atomic mass is 16.2. The highest BCUT2D eigenvalue weighted by molar-refractivity contribution is 6.00. The van der Waals surface area contributed by atoms with Crippen molar-refractivity contribution in [2.24, 2.45) is 11.8 Å². The van der Waals surface area contributed by atoms with Gasteiger partial charge in [0.05, 0.1) is 0 Å². The molecular weight excluding hydrogens is 240 g/mol. The van der Waals surface area contributed by atoms with E-state index in [2.05, 4.69) is 10.6 Å². The zero-order chi connectivity index (χ0) is 13.8. The van der Waals surface area contributed by atoms with Gasteiger partial charge in [-0.1, -0.05) is 13.8 Å². The molecule has 1 saturated carbocycles. The Morgan fingerprint density at radius 3 is 2.37 bits per heavy atom. The molecule has 0 spiro atoms. The molecule has 0 heterocycles. The summed E-state index contributed by atoms with van der Waals surface area (Å²) in [7, 11) is 0. The van der Waals surface area contributed by atoms with E-state index in [9.17, 15) is 9.59 Å². The fraction of sp³-hybridized carbons (Fsp3) is 0.467. The minimum Gasteiger partial charge on any atom is -0.338 e. The van der Waals surface area contributed by atoms with Crippen molar-refractivity contribution in [3.05, 3.63) is 29.8 Å². The summed E-state index contributed by atoms with van der Waals surface area (Å²) in [6.45, 7) is 4.72. The molecule has 0 aromatic heterocycles. The number of amides is 2. The van der Waals surface area contributed by atoms with E-state index in [1.807, 2.05) is 13.8 Å². The Balaban J connectivity index is 1.87. The topological polar surface area (TPSA) is 58.2 Å². The normalized spacial score (nSPS) is 14.3. The lowest BCUT2D eigenvalue weighted by molar-refractivity contribution is 0.0967. The second-order valence-corrected chi connectivity index (χ2v) is 5.44. The number of rotatable bonds is 5. The molecule has 1 aromatic rings. The molecule has 4 heteroatoms. The summed E-state index contributed by atoms with van der Waals surface area (Å²) in [5, 5.41) is 5.53. The van der Waals surface area contributed by atoms with Crippen LogP contribution in [0.25, 0.3) is 0 Å². The van der Waals surface area contributed by atoms with Crippen molar-refractivity contribution in [2.75, 3.05) is 11.9 Å². The van der Waals surface area contributed by atoms with Gasteiger partial charge in [0, 0.05) is 23.7 Å². The Hall–Kier alpha value is -1.84. The zero-order valence-electron chi connectivity index (χ0n) is 11.4. The lowest BCUT2D eigenvalue weighted by Crippen LogP contribution is -2.31. The molecule has 1 aromatic carbocycles. The smallest absolute Gasteiger partial charge is 0.319 e. The molecule has 4 nitrogen and oxygen atoms in total. The number of ketones is 1. The highest BCUT2D eigenvalue weighted by Crippen LogP contribution is 2.32. The molecule has 19 heavy (non-hydrogen) atoms. The van der Waals surface area contributed by atoms with E-state index in [4.69, 9.17) is 0 Å². The molecule has 0 aliphatic heterocycles. The van der Waals surface area contributed by atoms with Gasteiger partial charge >= 0.3 is 6.03 Å². The van der Waals surface area contributed by atoms with Gasteiger partial charge in [-0.05, 0) is 43.0 Å². The molecule has 1 fully saturated rings. The Morgan fingerprint density at radius 1 is 1.21 bits per heavy atom. The monoisotopic (exact) mass is 260 g/mol. The summed E-state index contributed by atoms with van der Waals surface area (Å²) < 4.78 is 0. The van der Waals surface area contributed by atoms with Crippen molar-refractivity contribution in [3.63, 3.8) is 0 Å². The van der Waals surface area contributed by atoms with E-state index >= 15 is 0 Å². The molecule has 1 aliphatic carbocycles. The van der Waals surface area contributed by atoms with Gasteiger partial charge in [0.15, 0.2) is 5.78 Å². The maximum atomic E-state index is 11.8. The number of Topliss-reactive ketones (excluding diaryl/α,β-unsaturated/α-hetero) is 1. The lowest BCUT2D eigenvalue weighted by Gasteiger charge is -2.09. The Morgan fingerprint density at radius 2 is 1.84 bits per heavy atom. The van der Waals surface area contributed by atoms with Gasteiger partial charge in [-0.15, -0.1) is 0 Å². The number of benzene rings is 1. The molecule has 102 valence electrons. The van der Waals surface area contributed by atoms with Crippen LogP contribution in [0.2, 0.25) is 0 Å². The van der Waals surface area contributed by atoms with Crippen LogP contribution in [0.5, 0.6) is 0 Å². The van der Waals surface area contributed by atoms with Gasteiger partial charge in [-0.25, -0.2) is 4.79 Å². The van der Waals surface area contributed by atoms with E-state index in [1.165, 1.54) is 0 Å². The molecule has 0 unspecified atom stereocenters. The second kappa shape index (κ2) is 5.87. The van der Waals surface area contributed by atoms with Crippen molar-refractivity contribution in [3.8, 4) is 0 Å². The van der Waals surface area contributed by atoms with Gasteiger partial charge < -0.3 is 10.6 Å². The highest BCUT2D eigenvalue weighted by Gasteiger charge is 2.30. The van der Waals surface area contributed by atoms with Crippen molar-refractivity contribution in [1.29, 1.82) is 0 Å². The lowest BCUT2D eigenvalue weighted by atomic mass is 10.1. The third kappa shape index (κ3) is 4.09. The maximum absolute atomic E-state index is 11.8. The molecule has 2 amide bonds. The summed E-state index contributed by atoms with van der Waals surface area (Å²) in [6, 6.07) is 6.88. The fourth-order valence-corrected chi connectivity index (χ4v) is 1.77. The Kier molecular flexibility index (Phi) is 4.20. The summed E-state index contributed by atoms with van der Waals surface area (Å²) in [5.41, 5.74) is 1.43. The first-order valence-corrected chi connectivity index (χ1v) is 6.75. The van der Waals surface area contributed by atoms with E-state index < -0.39 is 0 Å². The number of anilines is 1.